The minimum absolute atomic E-state index is 0.0179. The largest absolute Gasteiger partial charge is 0.312 e. The Morgan fingerprint density at radius 3 is 2.53 bits per heavy atom. The number of pyridine rings is 1. The lowest BCUT2D eigenvalue weighted by molar-refractivity contribution is -0.143. The number of anilines is 1. The Hall–Kier alpha value is -2.77. The second-order valence-electron chi connectivity index (χ2n) is 8.26. The number of alkyl halides is 2. The van der Waals surface area contributed by atoms with Crippen LogP contribution >= 0.6 is 0 Å². The van der Waals surface area contributed by atoms with Crippen LogP contribution in [0.15, 0.2) is 42.6 Å². The number of hydrogen-bond donors (Lipinski definition) is 0. The molecule has 2 heterocycles. The molecule has 0 bridgehead atoms. The second-order valence-corrected chi connectivity index (χ2v) is 8.26. The summed E-state index contributed by atoms with van der Waals surface area (Å²) in [4.78, 5) is 30.8. The number of benzene rings is 1. The number of carbonyl (C=O) groups is 2. The van der Waals surface area contributed by atoms with Gasteiger partial charge in [0.2, 0.25) is 11.8 Å². The molecule has 1 amide bonds. The van der Waals surface area contributed by atoms with Gasteiger partial charge in [0.05, 0.1) is 5.41 Å². The summed E-state index contributed by atoms with van der Waals surface area (Å²) in [6.45, 7) is 0.0959. The molecule has 8 heteroatoms. The molecule has 4 nitrogen and oxygen atoms in total. The van der Waals surface area contributed by atoms with E-state index >= 15 is 0 Å². The summed E-state index contributed by atoms with van der Waals surface area (Å²) in [5, 5.41) is 0. The van der Waals surface area contributed by atoms with Crippen molar-refractivity contribution in [2.75, 3.05) is 11.4 Å². The zero-order valence-corrected chi connectivity index (χ0v) is 16.1. The van der Waals surface area contributed by atoms with Crippen LogP contribution in [0.5, 0.6) is 0 Å². The predicted octanol–water partition coefficient (Wildman–Crippen LogP) is 4.79. The van der Waals surface area contributed by atoms with E-state index in [0.29, 0.717) is 6.07 Å². The quantitative estimate of drug-likeness (QED) is 0.528. The molecule has 2 aromatic rings. The number of Topliss-reactive ketones (excluding diaryl/α,β-unsaturated/α-hetero) is 1. The minimum Gasteiger partial charge on any atom is -0.312 e. The lowest BCUT2D eigenvalue weighted by atomic mass is 9.66. The monoisotopic (exact) mass is 420 g/mol. The van der Waals surface area contributed by atoms with Gasteiger partial charge in [-0.3, -0.25) is 14.6 Å². The molecule has 4 rings (SSSR count). The first-order valence-electron chi connectivity index (χ1n) is 9.78. The first-order valence-corrected chi connectivity index (χ1v) is 9.78. The Kier molecular flexibility index (Phi) is 5.11. The highest BCUT2D eigenvalue weighted by molar-refractivity contribution is 6.00. The van der Waals surface area contributed by atoms with E-state index < -0.39 is 47.6 Å². The Labute approximate surface area is 170 Å². The molecule has 0 radical (unpaired) electrons. The Morgan fingerprint density at radius 2 is 1.87 bits per heavy atom. The van der Waals surface area contributed by atoms with Crippen LogP contribution in [0.1, 0.15) is 42.6 Å². The number of hydrogen-bond acceptors (Lipinski definition) is 3. The van der Waals surface area contributed by atoms with E-state index in [1.807, 2.05) is 0 Å². The standard InChI is InChI=1S/C22H20F4N2O2/c23-15-8-16(24)10-17(9-15)28-6-4-21(20(28)30)11-14(12-22(25,26)13-21)7-19(29)18-3-1-2-5-27-18/h1-3,5,8-10,14H,4,6-7,11-13H2/t14-,21+/m0/s1. The summed E-state index contributed by atoms with van der Waals surface area (Å²) in [6, 6.07) is 7.55. The molecule has 2 atom stereocenters. The molecule has 1 aliphatic heterocycles. The Bertz CT molecular complexity index is 962. The zero-order valence-electron chi connectivity index (χ0n) is 16.1. The van der Waals surface area contributed by atoms with E-state index in [-0.39, 0.29) is 43.0 Å². The van der Waals surface area contributed by atoms with Crippen molar-refractivity contribution in [1.82, 2.24) is 4.98 Å². The summed E-state index contributed by atoms with van der Waals surface area (Å²) in [7, 11) is 0. The zero-order chi connectivity index (χ0) is 21.5. The molecule has 1 saturated carbocycles. The fourth-order valence-electron chi connectivity index (χ4n) is 4.84. The molecular formula is C22H20F4N2O2. The molecular weight excluding hydrogens is 400 g/mol. The van der Waals surface area contributed by atoms with Crippen molar-refractivity contribution in [2.24, 2.45) is 11.3 Å². The van der Waals surface area contributed by atoms with Gasteiger partial charge in [-0.15, -0.1) is 0 Å². The SMILES string of the molecule is O=C(C[C@@H]1CC(F)(F)C[C@@]2(CCN(c3cc(F)cc(F)c3)C2=O)C1)c1ccccn1. The van der Waals surface area contributed by atoms with Crippen LogP contribution < -0.4 is 4.90 Å². The van der Waals surface area contributed by atoms with Crippen LogP contribution in [0.2, 0.25) is 0 Å². The average molecular weight is 420 g/mol. The molecule has 0 unspecified atom stereocenters. The van der Waals surface area contributed by atoms with Gasteiger partial charge in [-0.1, -0.05) is 6.07 Å². The number of rotatable bonds is 4. The first kappa shape index (κ1) is 20.5. The smallest absolute Gasteiger partial charge is 0.249 e. The van der Waals surface area contributed by atoms with Crippen molar-refractivity contribution < 1.29 is 27.2 Å². The normalized spacial score (nSPS) is 25.7. The van der Waals surface area contributed by atoms with Crippen molar-refractivity contribution >= 4 is 17.4 Å². The lowest BCUT2D eigenvalue weighted by Gasteiger charge is -2.40. The molecule has 1 spiro atoms. The van der Waals surface area contributed by atoms with Crippen molar-refractivity contribution in [1.29, 1.82) is 0 Å². The fourth-order valence-corrected chi connectivity index (χ4v) is 4.84. The first-order chi connectivity index (χ1) is 14.2. The number of ketones is 1. The van der Waals surface area contributed by atoms with Gasteiger partial charge in [0.25, 0.3) is 0 Å². The lowest BCUT2D eigenvalue weighted by Crippen LogP contribution is -2.45. The third-order valence-corrected chi connectivity index (χ3v) is 5.96. The predicted molar refractivity (Wildman–Crippen MR) is 101 cm³/mol. The summed E-state index contributed by atoms with van der Waals surface area (Å²) >= 11 is 0. The van der Waals surface area contributed by atoms with Crippen LogP contribution in [-0.2, 0) is 4.79 Å². The number of carbonyl (C=O) groups excluding carboxylic acids is 2. The number of halogens is 4. The van der Waals surface area contributed by atoms with Gasteiger partial charge in [-0.2, -0.15) is 0 Å². The van der Waals surface area contributed by atoms with E-state index in [4.69, 9.17) is 0 Å². The van der Waals surface area contributed by atoms with Gasteiger partial charge >= 0.3 is 0 Å². The van der Waals surface area contributed by atoms with Crippen LogP contribution in [0, 0.1) is 23.0 Å². The van der Waals surface area contributed by atoms with Gasteiger partial charge < -0.3 is 4.90 Å². The maximum atomic E-state index is 14.6. The van der Waals surface area contributed by atoms with Crippen molar-refractivity contribution in [3.05, 3.63) is 59.9 Å². The van der Waals surface area contributed by atoms with Crippen molar-refractivity contribution in [2.45, 2.75) is 38.0 Å². The highest BCUT2D eigenvalue weighted by Gasteiger charge is 2.57. The van der Waals surface area contributed by atoms with Gasteiger partial charge in [0.15, 0.2) is 5.78 Å². The summed E-state index contributed by atoms with van der Waals surface area (Å²) < 4.78 is 56.4. The van der Waals surface area contributed by atoms with E-state index in [9.17, 15) is 27.2 Å². The second kappa shape index (κ2) is 7.49. The third-order valence-electron chi connectivity index (χ3n) is 5.96. The highest BCUT2D eigenvalue weighted by Crippen LogP contribution is 2.53. The number of nitrogens with zero attached hydrogens (tertiary/aromatic N) is 2. The van der Waals surface area contributed by atoms with E-state index in [1.54, 1.807) is 12.1 Å². The average Bonchev–Trinajstić information content (AvgIpc) is 2.95. The van der Waals surface area contributed by atoms with Crippen LogP contribution in [-0.4, -0.2) is 29.1 Å². The number of aromatic nitrogens is 1. The van der Waals surface area contributed by atoms with Crippen LogP contribution in [0.4, 0.5) is 23.2 Å². The van der Waals surface area contributed by atoms with Gasteiger partial charge in [0.1, 0.15) is 17.3 Å². The maximum Gasteiger partial charge on any atom is 0.249 e. The summed E-state index contributed by atoms with van der Waals surface area (Å²) in [5.74, 6) is -6.38. The van der Waals surface area contributed by atoms with E-state index in [0.717, 1.165) is 12.1 Å². The molecule has 158 valence electrons. The Balaban J connectivity index is 1.57. The molecule has 30 heavy (non-hydrogen) atoms. The molecule has 2 aliphatic rings. The van der Waals surface area contributed by atoms with Gasteiger partial charge in [-0.25, -0.2) is 17.6 Å². The molecule has 1 aromatic carbocycles. The minimum atomic E-state index is -3.10. The van der Waals surface area contributed by atoms with E-state index in [2.05, 4.69) is 4.98 Å². The summed E-state index contributed by atoms with van der Waals surface area (Å²) in [5.41, 5.74) is -1.13. The topological polar surface area (TPSA) is 50.3 Å². The molecule has 2 fully saturated rings. The van der Waals surface area contributed by atoms with Gasteiger partial charge in [-0.05, 0) is 43.0 Å². The van der Waals surface area contributed by atoms with Gasteiger partial charge in [0, 0.05) is 43.8 Å². The number of amides is 1. The molecule has 1 saturated heterocycles. The highest BCUT2D eigenvalue weighted by atomic mass is 19.3. The third kappa shape index (κ3) is 3.95. The molecule has 1 aliphatic carbocycles. The molecule has 1 aromatic heterocycles. The van der Waals surface area contributed by atoms with Crippen molar-refractivity contribution in [3.8, 4) is 0 Å². The molecule has 0 N–H and O–H groups in total. The van der Waals surface area contributed by atoms with E-state index in [1.165, 1.54) is 17.2 Å². The van der Waals surface area contributed by atoms with Crippen LogP contribution in [0.3, 0.4) is 0 Å². The summed E-state index contributed by atoms with van der Waals surface area (Å²) in [6.07, 6.45) is 0.510. The maximum absolute atomic E-state index is 14.6. The Morgan fingerprint density at radius 1 is 1.13 bits per heavy atom. The van der Waals surface area contributed by atoms with Crippen LogP contribution in [0.25, 0.3) is 0 Å². The van der Waals surface area contributed by atoms with Crippen molar-refractivity contribution in [3.63, 3.8) is 0 Å². The fraction of sp³-hybridized carbons (Fsp3) is 0.409.